The molecule has 0 spiro atoms. The van der Waals surface area contributed by atoms with Crippen LogP contribution in [0.5, 0.6) is 11.5 Å². The molecule has 0 saturated carbocycles. The summed E-state index contributed by atoms with van der Waals surface area (Å²) < 4.78 is 20.3. The van der Waals surface area contributed by atoms with Crippen LogP contribution in [0.1, 0.15) is 29.7 Å². The lowest BCUT2D eigenvalue weighted by Crippen LogP contribution is -2.24. The Kier molecular flexibility index (Phi) is 3.40. The van der Waals surface area contributed by atoms with Crippen molar-refractivity contribution in [1.29, 1.82) is 0 Å². The average molecular weight is 338 g/mol. The number of hydrogen-bond donors (Lipinski definition) is 2. The second kappa shape index (κ2) is 5.07. The number of phenolic OH excluding ortho intramolecular Hbond substituents is 1. The molecule has 2 aromatic carbocycles. The van der Waals surface area contributed by atoms with Gasteiger partial charge in [0.05, 0.1) is 0 Å². The van der Waals surface area contributed by atoms with Crippen molar-refractivity contribution in [2.45, 2.75) is 18.6 Å². The second-order valence-electron chi connectivity index (χ2n) is 4.84. The number of phenols is 1. The molecule has 1 heterocycles. The van der Waals surface area contributed by atoms with Crippen molar-refractivity contribution in [3.63, 3.8) is 0 Å². The Morgan fingerprint density at radius 2 is 2.05 bits per heavy atom. The largest absolute Gasteiger partial charge is 0.505 e. The summed E-state index contributed by atoms with van der Waals surface area (Å²) in [7, 11) is 0. The number of rotatable bonds is 1. The molecule has 104 valence electrons. The second-order valence-corrected chi connectivity index (χ2v) is 5.76. The minimum absolute atomic E-state index is 0.168. The first-order chi connectivity index (χ1) is 9.54. The predicted molar refractivity (Wildman–Crippen MR) is 77.1 cm³/mol. The van der Waals surface area contributed by atoms with Crippen molar-refractivity contribution < 1.29 is 14.2 Å². The summed E-state index contributed by atoms with van der Waals surface area (Å²) in [4.78, 5) is 0. The maximum absolute atomic E-state index is 13.4. The van der Waals surface area contributed by atoms with Crippen LogP contribution in [0.4, 0.5) is 4.39 Å². The fourth-order valence-corrected chi connectivity index (χ4v) is 2.78. The molecule has 1 aliphatic rings. The van der Waals surface area contributed by atoms with Crippen LogP contribution < -0.4 is 10.5 Å². The summed E-state index contributed by atoms with van der Waals surface area (Å²) in [5.41, 5.74) is 7.78. The number of ether oxygens (including phenoxy) is 1. The topological polar surface area (TPSA) is 55.5 Å². The minimum Gasteiger partial charge on any atom is -0.505 e. The molecule has 2 atom stereocenters. The molecule has 0 fully saturated rings. The highest BCUT2D eigenvalue weighted by Gasteiger charge is 2.27. The number of aromatic hydroxyl groups is 1. The van der Waals surface area contributed by atoms with Gasteiger partial charge in [0.25, 0.3) is 0 Å². The van der Waals surface area contributed by atoms with Crippen molar-refractivity contribution in [3.8, 4) is 11.5 Å². The van der Waals surface area contributed by atoms with Gasteiger partial charge < -0.3 is 15.6 Å². The molecule has 2 aromatic rings. The zero-order valence-corrected chi connectivity index (χ0v) is 12.1. The Hall–Kier alpha value is -1.59. The lowest BCUT2D eigenvalue weighted by atomic mass is 9.93. The molecule has 0 radical (unpaired) electrons. The normalized spacial score (nSPS) is 21.1. The summed E-state index contributed by atoms with van der Waals surface area (Å²) in [6, 6.07) is 9.77. The summed E-state index contributed by atoms with van der Waals surface area (Å²) >= 11 is 3.41. The minimum atomic E-state index is -0.652. The maximum atomic E-state index is 13.4. The van der Waals surface area contributed by atoms with Crippen molar-refractivity contribution in [1.82, 2.24) is 0 Å². The van der Waals surface area contributed by atoms with E-state index in [0.717, 1.165) is 10.0 Å². The van der Waals surface area contributed by atoms with E-state index in [1.807, 2.05) is 18.2 Å². The summed E-state index contributed by atoms with van der Waals surface area (Å²) in [6.07, 6.45) is 0.252. The van der Waals surface area contributed by atoms with E-state index in [0.29, 0.717) is 17.7 Å². The van der Waals surface area contributed by atoms with Gasteiger partial charge in [0.1, 0.15) is 11.9 Å². The zero-order chi connectivity index (χ0) is 14.3. The van der Waals surface area contributed by atoms with E-state index < -0.39 is 5.82 Å². The molecule has 0 bridgehead atoms. The highest BCUT2D eigenvalue weighted by atomic mass is 79.9. The van der Waals surface area contributed by atoms with Gasteiger partial charge in [-0.1, -0.05) is 22.0 Å². The standard InChI is InChI=1S/C15H13BrFNO2/c16-9-2-4-14-10(6-9)12(18)7-15(20-14)8-1-3-13(19)11(17)5-8/h1-6,12,15,19H,7,18H2/t12-,15?/m0/s1. The van der Waals surface area contributed by atoms with E-state index in [1.165, 1.54) is 12.1 Å². The Morgan fingerprint density at radius 3 is 2.80 bits per heavy atom. The fourth-order valence-electron chi connectivity index (χ4n) is 2.40. The van der Waals surface area contributed by atoms with E-state index in [4.69, 9.17) is 10.5 Å². The molecule has 3 nitrogen and oxygen atoms in total. The lowest BCUT2D eigenvalue weighted by Gasteiger charge is -2.30. The van der Waals surface area contributed by atoms with Crippen LogP contribution in [-0.2, 0) is 0 Å². The van der Waals surface area contributed by atoms with Gasteiger partial charge in [-0.05, 0) is 35.9 Å². The van der Waals surface area contributed by atoms with Crippen LogP contribution in [0.25, 0.3) is 0 Å². The van der Waals surface area contributed by atoms with Crippen LogP contribution >= 0.6 is 15.9 Å². The van der Waals surface area contributed by atoms with E-state index in [9.17, 15) is 9.50 Å². The first-order valence-electron chi connectivity index (χ1n) is 6.24. The number of hydrogen-bond acceptors (Lipinski definition) is 3. The Morgan fingerprint density at radius 1 is 1.25 bits per heavy atom. The first-order valence-corrected chi connectivity index (χ1v) is 7.04. The summed E-state index contributed by atoms with van der Waals surface area (Å²) in [5.74, 6) is -0.301. The van der Waals surface area contributed by atoms with E-state index in [2.05, 4.69) is 15.9 Å². The summed E-state index contributed by atoms with van der Waals surface area (Å²) in [5, 5.41) is 9.24. The fraction of sp³-hybridized carbons (Fsp3) is 0.200. The Labute approximate surface area is 124 Å². The van der Waals surface area contributed by atoms with E-state index in [1.54, 1.807) is 6.07 Å². The highest BCUT2D eigenvalue weighted by molar-refractivity contribution is 9.10. The highest BCUT2D eigenvalue weighted by Crippen LogP contribution is 2.41. The van der Waals surface area contributed by atoms with E-state index >= 15 is 0 Å². The molecule has 0 aliphatic carbocycles. The number of benzene rings is 2. The van der Waals surface area contributed by atoms with Crippen LogP contribution in [0, 0.1) is 5.82 Å². The molecule has 1 aliphatic heterocycles. The molecule has 5 heteroatoms. The Balaban J connectivity index is 1.94. The van der Waals surface area contributed by atoms with Crippen molar-refractivity contribution in [2.24, 2.45) is 5.73 Å². The lowest BCUT2D eigenvalue weighted by molar-refractivity contribution is 0.161. The summed E-state index contributed by atoms with van der Waals surface area (Å²) in [6.45, 7) is 0. The molecule has 1 unspecified atom stereocenters. The smallest absolute Gasteiger partial charge is 0.165 e. The first kappa shape index (κ1) is 13.4. The van der Waals surface area contributed by atoms with Gasteiger partial charge in [-0.15, -0.1) is 0 Å². The van der Waals surface area contributed by atoms with Gasteiger partial charge in [0, 0.05) is 22.5 Å². The average Bonchev–Trinajstić information content (AvgIpc) is 2.42. The third-order valence-corrected chi connectivity index (χ3v) is 3.95. The van der Waals surface area contributed by atoms with E-state index in [-0.39, 0.29) is 17.9 Å². The van der Waals surface area contributed by atoms with Crippen molar-refractivity contribution >= 4 is 15.9 Å². The molecular formula is C15H13BrFNO2. The monoisotopic (exact) mass is 337 g/mol. The third-order valence-electron chi connectivity index (χ3n) is 3.45. The maximum Gasteiger partial charge on any atom is 0.165 e. The SMILES string of the molecule is N[C@H]1CC(c2ccc(O)c(F)c2)Oc2ccc(Br)cc21. The van der Waals surface area contributed by atoms with Crippen LogP contribution in [0.3, 0.4) is 0 Å². The predicted octanol–water partition coefficient (Wildman–Crippen LogP) is 3.82. The molecule has 3 N–H and O–H groups in total. The molecule has 20 heavy (non-hydrogen) atoms. The van der Waals surface area contributed by atoms with Gasteiger partial charge in [0.2, 0.25) is 0 Å². The Bertz CT molecular complexity index is 662. The molecule has 0 aromatic heterocycles. The van der Waals surface area contributed by atoms with Gasteiger partial charge in [-0.3, -0.25) is 0 Å². The molecule has 0 saturated heterocycles. The third kappa shape index (κ3) is 2.39. The van der Waals surface area contributed by atoms with Crippen molar-refractivity contribution in [2.75, 3.05) is 0 Å². The van der Waals surface area contributed by atoms with Gasteiger partial charge in [-0.2, -0.15) is 0 Å². The number of nitrogens with two attached hydrogens (primary N) is 1. The molecule has 3 rings (SSSR count). The van der Waals surface area contributed by atoms with Crippen LogP contribution in [-0.4, -0.2) is 5.11 Å². The molecular weight excluding hydrogens is 325 g/mol. The van der Waals surface area contributed by atoms with Gasteiger partial charge in [-0.25, -0.2) is 4.39 Å². The van der Waals surface area contributed by atoms with Crippen LogP contribution in [0.2, 0.25) is 0 Å². The number of fused-ring (bicyclic) bond motifs is 1. The van der Waals surface area contributed by atoms with Gasteiger partial charge >= 0.3 is 0 Å². The van der Waals surface area contributed by atoms with Gasteiger partial charge in [0.15, 0.2) is 11.6 Å². The van der Waals surface area contributed by atoms with Crippen LogP contribution in [0.15, 0.2) is 40.9 Å². The quantitative estimate of drug-likeness (QED) is 0.831. The zero-order valence-electron chi connectivity index (χ0n) is 10.5. The molecule has 0 amide bonds. The number of halogens is 2. The van der Waals surface area contributed by atoms with Crippen molar-refractivity contribution in [3.05, 3.63) is 57.8 Å².